The molecule has 1 aromatic carbocycles. The van der Waals surface area contributed by atoms with Crippen LogP contribution >= 0.6 is 11.8 Å². The Bertz CT molecular complexity index is 741. The van der Waals surface area contributed by atoms with E-state index in [4.69, 9.17) is 0 Å². The summed E-state index contributed by atoms with van der Waals surface area (Å²) in [7, 11) is 1.80. The summed E-state index contributed by atoms with van der Waals surface area (Å²) in [5.41, 5.74) is 2.87. The molecule has 0 radical (unpaired) electrons. The number of rotatable bonds is 5. The number of anilines is 1. The molecule has 2 aromatic rings. The van der Waals surface area contributed by atoms with Gasteiger partial charge in [0.15, 0.2) is 0 Å². The van der Waals surface area contributed by atoms with Gasteiger partial charge in [-0.05, 0) is 26.0 Å². The van der Waals surface area contributed by atoms with Gasteiger partial charge in [-0.1, -0.05) is 12.1 Å². The molecule has 0 aliphatic heterocycles. The molecule has 0 atom stereocenters. The molecule has 0 saturated carbocycles. The van der Waals surface area contributed by atoms with Crippen LogP contribution in [0.5, 0.6) is 0 Å². The molecular formula is C16H18F3N3OS. The Morgan fingerprint density at radius 1 is 1.29 bits per heavy atom. The predicted molar refractivity (Wildman–Crippen MR) is 88.2 cm³/mol. The Hall–Kier alpha value is -1.96. The fraction of sp³-hybridized carbons (Fsp3) is 0.375. The first-order valence-electron chi connectivity index (χ1n) is 7.25. The summed E-state index contributed by atoms with van der Waals surface area (Å²) in [6.45, 7) is 3.69. The van der Waals surface area contributed by atoms with Gasteiger partial charge in [-0.3, -0.25) is 9.48 Å². The van der Waals surface area contributed by atoms with E-state index in [0.29, 0.717) is 22.3 Å². The maximum Gasteiger partial charge on any atom is 0.398 e. The second kappa shape index (κ2) is 7.29. The molecule has 1 aromatic heterocycles. The number of thioether (sulfide) groups is 1. The van der Waals surface area contributed by atoms with Gasteiger partial charge in [-0.25, -0.2) is 0 Å². The van der Waals surface area contributed by atoms with Crippen molar-refractivity contribution < 1.29 is 18.0 Å². The summed E-state index contributed by atoms with van der Waals surface area (Å²) in [6, 6.07) is 6.48. The highest BCUT2D eigenvalue weighted by molar-refractivity contribution is 7.99. The minimum atomic E-state index is -4.26. The number of benzene rings is 1. The Labute approximate surface area is 142 Å². The molecule has 0 fully saturated rings. The molecule has 1 amide bonds. The van der Waals surface area contributed by atoms with Crippen molar-refractivity contribution in [2.75, 3.05) is 11.1 Å². The van der Waals surface area contributed by atoms with Crippen molar-refractivity contribution in [3.63, 3.8) is 0 Å². The largest absolute Gasteiger partial charge is 0.398 e. The van der Waals surface area contributed by atoms with E-state index in [1.165, 1.54) is 0 Å². The number of nitrogens with zero attached hydrogens (tertiary/aromatic N) is 2. The van der Waals surface area contributed by atoms with Crippen molar-refractivity contribution in [3.05, 3.63) is 41.2 Å². The number of amides is 1. The van der Waals surface area contributed by atoms with Crippen molar-refractivity contribution in [2.45, 2.75) is 31.3 Å². The summed E-state index contributed by atoms with van der Waals surface area (Å²) in [4.78, 5) is 12.7. The summed E-state index contributed by atoms with van der Waals surface area (Å²) in [6.07, 6.45) is -4.13. The zero-order valence-electron chi connectivity index (χ0n) is 13.6. The lowest BCUT2D eigenvalue weighted by Crippen LogP contribution is -2.16. The number of nitrogens with one attached hydrogen (secondary N) is 1. The zero-order chi connectivity index (χ0) is 17.9. The number of hydrogen-bond donors (Lipinski definition) is 1. The fourth-order valence-corrected chi connectivity index (χ4v) is 3.05. The molecule has 4 nitrogen and oxygen atoms in total. The van der Waals surface area contributed by atoms with Crippen molar-refractivity contribution in [1.82, 2.24) is 9.78 Å². The summed E-state index contributed by atoms with van der Waals surface area (Å²) in [5.74, 6) is -1.28. The molecule has 130 valence electrons. The van der Waals surface area contributed by atoms with Crippen LogP contribution in [-0.2, 0) is 18.3 Å². The average Bonchev–Trinajstić information content (AvgIpc) is 2.72. The minimum Gasteiger partial charge on any atom is -0.325 e. The van der Waals surface area contributed by atoms with Crippen LogP contribution in [0.3, 0.4) is 0 Å². The molecule has 0 bridgehead atoms. The number of hydrogen-bond acceptors (Lipinski definition) is 3. The van der Waals surface area contributed by atoms with Crippen molar-refractivity contribution >= 4 is 23.4 Å². The monoisotopic (exact) mass is 357 g/mol. The predicted octanol–water partition coefficient (Wildman–Crippen LogP) is 3.87. The third-order valence-electron chi connectivity index (χ3n) is 3.55. The molecule has 24 heavy (non-hydrogen) atoms. The normalized spacial score (nSPS) is 11.6. The number of para-hydroxylation sites is 1. The number of carbonyl (C=O) groups excluding carboxylic acids is 1. The Balaban J connectivity index is 2.09. The Morgan fingerprint density at radius 3 is 2.54 bits per heavy atom. The van der Waals surface area contributed by atoms with E-state index in [-0.39, 0.29) is 12.3 Å². The highest BCUT2D eigenvalue weighted by Gasteiger charge is 2.27. The number of aryl methyl sites for hydroxylation is 2. The van der Waals surface area contributed by atoms with Crippen LogP contribution in [0.2, 0.25) is 0 Å². The van der Waals surface area contributed by atoms with Crippen LogP contribution in [0.1, 0.15) is 17.0 Å². The molecule has 1 N–H and O–H groups in total. The molecule has 1 heterocycles. The van der Waals surface area contributed by atoms with E-state index in [1.54, 1.807) is 36.0 Å². The van der Waals surface area contributed by atoms with E-state index >= 15 is 0 Å². The molecule has 8 heteroatoms. The van der Waals surface area contributed by atoms with Crippen LogP contribution in [0.25, 0.3) is 0 Å². The van der Waals surface area contributed by atoms with E-state index in [1.807, 2.05) is 13.8 Å². The second-order valence-corrected chi connectivity index (χ2v) is 6.42. The van der Waals surface area contributed by atoms with E-state index in [0.717, 1.165) is 17.0 Å². The lowest BCUT2D eigenvalue weighted by molar-refractivity contribution is -0.115. The molecule has 0 aliphatic carbocycles. The zero-order valence-corrected chi connectivity index (χ0v) is 14.4. The molecule has 0 spiro atoms. The summed E-state index contributed by atoms with van der Waals surface area (Å²) in [5, 5.41) is 6.95. The number of halogens is 3. The van der Waals surface area contributed by atoms with Gasteiger partial charge in [0.05, 0.1) is 23.6 Å². The SMILES string of the molecule is Cc1nn(C)c(C)c1CC(=O)Nc1ccccc1SCC(F)(F)F. The molecule has 0 aliphatic rings. The van der Waals surface area contributed by atoms with Crippen LogP contribution < -0.4 is 5.32 Å². The van der Waals surface area contributed by atoms with Gasteiger partial charge in [0.2, 0.25) is 5.91 Å². The summed E-state index contributed by atoms with van der Waals surface area (Å²) < 4.78 is 38.9. The van der Waals surface area contributed by atoms with E-state index < -0.39 is 11.9 Å². The number of alkyl halides is 3. The highest BCUT2D eigenvalue weighted by Crippen LogP contribution is 2.32. The van der Waals surface area contributed by atoms with Gasteiger partial charge in [0, 0.05) is 23.2 Å². The molecular weight excluding hydrogens is 339 g/mol. The van der Waals surface area contributed by atoms with Crippen LogP contribution in [-0.4, -0.2) is 27.6 Å². The maximum absolute atomic E-state index is 12.4. The van der Waals surface area contributed by atoms with Gasteiger partial charge in [0.1, 0.15) is 0 Å². The van der Waals surface area contributed by atoms with Crippen molar-refractivity contribution in [1.29, 1.82) is 0 Å². The topological polar surface area (TPSA) is 46.9 Å². The van der Waals surface area contributed by atoms with E-state index in [2.05, 4.69) is 10.4 Å². The first-order valence-corrected chi connectivity index (χ1v) is 8.23. The minimum absolute atomic E-state index is 0.129. The number of aromatic nitrogens is 2. The smallest absolute Gasteiger partial charge is 0.325 e. The van der Waals surface area contributed by atoms with E-state index in [9.17, 15) is 18.0 Å². The Morgan fingerprint density at radius 2 is 1.96 bits per heavy atom. The van der Waals surface area contributed by atoms with Gasteiger partial charge in [0.25, 0.3) is 0 Å². The molecule has 2 rings (SSSR count). The first-order chi connectivity index (χ1) is 11.2. The highest BCUT2D eigenvalue weighted by atomic mass is 32.2. The van der Waals surface area contributed by atoms with Crippen molar-refractivity contribution in [2.24, 2.45) is 7.05 Å². The van der Waals surface area contributed by atoms with Gasteiger partial charge in [-0.15, -0.1) is 11.8 Å². The molecule has 0 saturated heterocycles. The van der Waals surface area contributed by atoms with Crippen LogP contribution in [0, 0.1) is 13.8 Å². The van der Waals surface area contributed by atoms with Gasteiger partial charge >= 0.3 is 6.18 Å². The quantitative estimate of drug-likeness (QED) is 0.827. The van der Waals surface area contributed by atoms with Gasteiger partial charge < -0.3 is 5.32 Å². The molecule has 0 unspecified atom stereocenters. The average molecular weight is 357 g/mol. The van der Waals surface area contributed by atoms with Crippen molar-refractivity contribution in [3.8, 4) is 0 Å². The standard InChI is InChI=1S/C16H18F3N3OS/c1-10-12(11(2)22(3)21-10)8-15(23)20-13-6-4-5-7-14(13)24-9-16(17,18)19/h4-7H,8-9H2,1-3H3,(H,20,23). The van der Waals surface area contributed by atoms with Crippen LogP contribution in [0.4, 0.5) is 18.9 Å². The van der Waals surface area contributed by atoms with Crippen LogP contribution in [0.15, 0.2) is 29.2 Å². The lowest BCUT2D eigenvalue weighted by Gasteiger charge is -2.12. The first kappa shape index (κ1) is 18.4. The van der Waals surface area contributed by atoms with Gasteiger partial charge in [-0.2, -0.15) is 18.3 Å². The second-order valence-electron chi connectivity index (χ2n) is 5.40. The third kappa shape index (κ3) is 4.77. The lowest BCUT2D eigenvalue weighted by atomic mass is 10.1. The summed E-state index contributed by atoms with van der Waals surface area (Å²) >= 11 is 0.657. The fourth-order valence-electron chi connectivity index (χ4n) is 2.28. The Kier molecular flexibility index (Phi) is 5.58. The third-order valence-corrected chi connectivity index (χ3v) is 4.69. The number of carbonyl (C=O) groups is 1. The maximum atomic E-state index is 12.4.